The summed E-state index contributed by atoms with van der Waals surface area (Å²) in [5.41, 5.74) is 3.48. The van der Waals surface area contributed by atoms with Crippen LogP contribution in [0, 0.1) is 0 Å². The lowest BCUT2D eigenvalue weighted by molar-refractivity contribution is 0.621. The van der Waals surface area contributed by atoms with Crippen LogP contribution in [0.4, 0.5) is 0 Å². The summed E-state index contributed by atoms with van der Waals surface area (Å²) in [6.45, 7) is 4.64. The molecule has 0 spiro atoms. The second kappa shape index (κ2) is 6.29. The zero-order chi connectivity index (χ0) is 14.7. The Morgan fingerprint density at radius 3 is 2.57 bits per heavy atom. The summed E-state index contributed by atoms with van der Waals surface area (Å²) in [6.07, 6.45) is 0. The van der Waals surface area contributed by atoms with Crippen molar-refractivity contribution in [3.63, 3.8) is 0 Å². The van der Waals surface area contributed by atoms with Gasteiger partial charge < -0.3 is 9.88 Å². The molecule has 0 unspecified atom stereocenters. The second-order valence-corrected chi connectivity index (χ2v) is 5.43. The monoisotopic (exact) mass is 299 g/mol. The fraction of sp³-hybridized carbons (Fsp3) is 0.235. The molecule has 2 aromatic carbocycles. The predicted molar refractivity (Wildman–Crippen MR) is 87.4 cm³/mol. The molecule has 21 heavy (non-hydrogen) atoms. The largest absolute Gasteiger partial charge is 0.327 e. The van der Waals surface area contributed by atoms with Gasteiger partial charge in [-0.1, -0.05) is 35.9 Å². The quantitative estimate of drug-likeness (QED) is 0.772. The first-order chi connectivity index (χ1) is 10.3. The van der Waals surface area contributed by atoms with Crippen molar-refractivity contribution in [1.82, 2.24) is 14.9 Å². The first-order valence-corrected chi connectivity index (χ1v) is 7.55. The Labute approximate surface area is 129 Å². The molecule has 3 nitrogen and oxygen atoms in total. The second-order valence-electron chi connectivity index (χ2n) is 4.99. The smallest absolute Gasteiger partial charge is 0.123 e. The van der Waals surface area contributed by atoms with Crippen LogP contribution in [0.3, 0.4) is 0 Å². The van der Waals surface area contributed by atoms with Gasteiger partial charge in [0, 0.05) is 18.1 Å². The van der Waals surface area contributed by atoms with Gasteiger partial charge in [-0.2, -0.15) is 0 Å². The number of hydrogen-bond acceptors (Lipinski definition) is 2. The fourth-order valence-electron chi connectivity index (χ4n) is 2.53. The summed E-state index contributed by atoms with van der Waals surface area (Å²) in [5, 5.41) is 4.22. The maximum absolute atomic E-state index is 5.89. The molecule has 0 bridgehead atoms. The van der Waals surface area contributed by atoms with Crippen molar-refractivity contribution in [1.29, 1.82) is 0 Å². The van der Waals surface area contributed by atoms with Crippen LogP contribution in [0.25, 0.3) is 11.0 Å². The Bertz CT molecular complexity index is 731. The standard InChI is InChI=1S/C17H18ClN3/c1-2-21-16-6-4-3-5-15(16)20-17(21)12-19-11-13-7-9-14(18)10-8-13/h3-10,19H,2,11-12H2,1H3. The lowest BCUT2D eigenvalue weighted by Crippen LogP contribution is -2.16. The lowest BCUT2D eigenvalue weighted by Gasteiger charge is -2.07. The highest BCUT2D eigenvalue weighted by Gasteiger charge is 2.08. The third kappa shape index (κ3) is 3.09. The molecule has 0 aliphatic heterocycles. The van der Waals surface area contributed by atoms with Crippen LogP contribution >= 0.6 is 11.6 Å². The summed E-state index contributed by atoms with van der Waals surface area (Å²) >= 11 is 5.89. The van der Waals surface area contributed by atoms with E-state index in [4.69, 9.17) is 16.6 Å². The van der Waals surface area contributed by atoms with E-state index in [1.165, 1.54) is 11.1 Å². The van der Waals surface area contributed by atoms with Crippen LogP contribution in [-0.4, -0.2) is 9.55 Å². The van der Waals surface area contributed by atoms with Crippen LogP contribution in [0.2, 0.25) is 5.02 Å². The molecule has 0 amide bonds. The van der Waals surface area contributed by atoms with Crippen molar-refractivity contribution < 1.29 is 0 Å². The summed E-state index contributed by atoms with van der Waals surface area (Å²) in [7, 11) is 0. The lowest BCUT2D eigenvalue weighted by atomic mass is 10.2. The fourth-order valence-corrected chi connectivity index (χ4v) is 2.66. The molecule has 0 fully saturated rings. The van der Waals surface area contributed by atoms with Gasteiger partial charge in [0.25, 0.3) is 0 Å². The molecule has 108 valence electrons. The van der Waals surface area contributed by atoms with E-state index in [2.05, 4.69) is 35.0 Å². The van der Waals surface area contributed by atoms with Gasteiger partial charge in [0.2, 0.25) is 0 Å². The third-order valence-corrected chi connectivity index (χ3v) is 3.83. The number of aromatic nitrogens is 2. The van der Waals surface area contributed by atoms with Gasteiger partial charge in [0.05, 0.1) is 17.6 Å². The van der Waals surface area contributed by atoms with Gasteiger partial charge in [-0.15, -0.1) is 0 Å². The van der Waals surface area contributed by atoms with E-state index in [1.54, 1.807) is 0 Å². The number of nitrogens with one attached hydrogen (secondary N) is 1. The minimum atomic E-state index is 0.755. The molecule has 1 heterocycles. The Hall–Kier alpha value is -1.84. The zero-order valence-electron chi connectivity index (χ0n) is 12.0. The minimum absolute atomic E-state index is 0.755. The van der Waals surface area contributed by atoms with Gasteiger partial charge in [0.1, 0.15) is 5.82 Å². The first kappa shape index (κ1) is 14.1. The molecule has 0 saturated heterocycles. The van der Waals surface area contributed by atoms with Gasteiger partial charge in [-0.3, -0.25) is 0 Å². The number of hydrogen-bond donors (Lipinski definition) is 1. The minimum Gasteiger partial charge on any atom is -0.327 e. The molecule has 0 saturated carbocycles. The first-order valence-electron chi connectivity index (χ1n) is 7.17. The Balaban J connectivity index is 1.71. The van der Waals surface area contributed by atoms with Crippen molar-refractivity contribution in [3.05, 3.63) is 64.9 Å². The number of rotatable bonds is 5. The number of imidazole rings is 1. The van der Waals surface area contributed by atoms with E-state index in [1.807, 2.05) is 30.3 Å². The molecule has 0 atom stereocenters. The number of nitrogens with zero attached hydrogens (tertiary/aromatic N) is 2. The van der Waals surface area contributed by atoms with Crippen molar-refractivity contribution in [2.75, 3.05) is 0 Å². The molecular formula is C17H18ClN3. The van der Waals surface area contributed by atoms with Crippen LogP contribution in [0.5, 0.6) is 0 Å². The molecule has 3 aromatic rings. The van der Waals surface area contributed by atoms with Crippen molar-refractivity contribution in [3.8, 4) is 0 Å². The molecule has 0 aliphatic rings. The topological polar surface area (TPSA) is 29.9 Å². The molecular weight excluding hydrogens is 282 g/mol. The van der Waals surface area contributed by atoms with Crippen molar-refractivity contribution >= 4 is 22.6 Å². The van der Waals surface area contributed by atoms with E-state index < -0.39 is 0 Å². The molecule has 1 N–H and O–H groups in total. The maximum Gasteiger partial charge on any atom is 0.123 e. The Morgan fingerprint density at radius 2 is 1.81 bits per heavy atom. The highest BCUT2D eigenvalue weighted by atomic mass is 35.5. The molecule has 4 heteroatoms. The summed E-state index contributed by atoms with van der Waals surface area (Å²) < 4.78 is 2.25. The van der Waals surface area contributed by atoms with Gasteiger partial charge >= 0.3 is 0 Å². The SMILES string of the molecule is CCn1c(CNCc2ccc(Cl)cc2)nc2ccccc21. The zero-order valence-corrected chi connectivity index (χ0v) is 12.8. The van der Waals surface area contributed by atoms with E-state index in [0.717, 1.165) is 36.0 Å². The molecule has 0 aliphatic carbocycles. The van der Waals surface area contributed by atoms with Crippen LogP contribution in [-0.2, 0) is 19.6 Å². The molecule has 1 aromatic heterocycles. The number of aryl methyl sites for hydroxylation is 1. The van der Waals surface area contributed by atoms with E-state index in [-0.39, 0.29) is 0 Å². The Kier molecular flexibility index (Phi) is 4.23. The predicted octanol–water partition coefficient (Wildman–Crippen LogP) is 4.00. The van der Waals surface area contributed by atoms with Crippen LogP contribution < -0.4 is 5.32 Å². The number of para-hydroxylation sites is 2. The van der Waals surface area contributed by atoms with E-state index >= 15 is 0 Å². The average Bonchev–Trinajstić information content (AvgIpc) is 2.86. The summed E-state index contributed by atoms with van der Waals surface area (Å²) in [4.78, 5) is 4.71. The van der Waals surface area contributed by atoms with Crippen LogP contribution in [0.15, 0.2) is 48.5 Å². The van der Waals surface area contributed by atoms with Gasteiger partial charge in [-0.25, -0.2) is 4.98 Å². The van der Waals surface area contributed by atoms with E-state index in [0.29, 0.717) is 0 Å². The molecule has 0 radical (unpaired) electrons. The highest BCUT2D eigenvalue weighted by molar-refractivity contribution is 6.30. The number of halogens is 1. The summed E-state index contributed by atoms with van der Waals surface area (Å²) in [5.74, 6) is 1.08. The van der Waals surface area contributed by atoms with Gasteiger partial charge in [0.15, 0.2) is 0 Å². The third-order valence-electron chi connectivity index (χ3n) is 3.58. The number of fused-ring (bicyclic) bond motifs is 1. The normalized spacial score (nSPS) is 11.1. The Morgan fingerprint density at radius 1 is 1.05 bits per heavy atom. The van der Waals surface area contributed by atoms with Crippen molar-refractivity contribution in [2.24, 2.45) is 0 Å². The average molecular weight is 300 g/mol. The summed E-state index contributed by atoms with van der Waals surface area (Å²) in [6, 6.07) is 16.2. The van der Waals surface area contributed by atoms with Crippen molar-refractivity contribution in [2.45, 2.75) is 26.6 Å². The maximum atomic E-state index is 5.89. The molecule has 3 rings (SSSR count). The number of benzene rings is 2. The highest BCUT2D eigenvalue weighted by Crippen LogP contribution is 2.16. The van der Waals surface area contributed by atoms with Crippen LogP contribution in [0.1, 0.15) is 18.3 Å². The van der Waals surface area contributed by atoms with E-state index in [9.17, 15) is 0 Å². The van der Waals surface area contributed by atoms with Gasteiger partial charge in [-0.05, 0) is 36.8 Å².